The van der Waals surface area contributed by atoms with Crippen LogP contribution in [0.15, 0.2) is 29.6 Å². The summed E-state index contributed by atoms with van der Waals surface area (Å²) in [6.07, 6.45) is 1.16. The zero-order chi connectivity index (χ0) is 16.2. The van der Waals surface area contributed by atoms with Crippen LogP contribution in [0.25, 0.3) is 0 Å². The maximum atomic E-state index is 11.0. The molecule has 5 nitrogen and oxygen atoms in total. The van der Waals surface area contributed by atoms with E-state index in [1.54, 1.807) is 7.11 Å². The number of rotatable bonds is 5. The van der Waals surface area contributed by atoms with E-state index < -0.39 is 0 Å². The number of carbonyl (C=O) groups excluding carboxylic acids is 1. The predicted octanol–water partition coefficient (Wildman–Crippen LogP) is 3.10. The topological polar surface area (TPSA) is 54.5 Å². The molecule has 3 rings (SSSR count). The average Bonchev–Trinajstić information content (AvgIpc) is 3.17. The highest BCUT2D eigenvalue weighted by molar-refractivity contribution is 7.13. The van der Waals surface area contributed by atoms with Gasteiger partial charge in [0.15, 0.2) is 5.13 Å². The van der Waals surface area contributed by atoms with Crippen LogP contribution in [-0.2, 0) is 11.3 Å². The molecule has 0 spiro atoms. The van der Waals surface area contributed by atoms with Gasteiger partial charge in [0.05, 0.1) is 12.8 Å². The van der Waals surface area contributed by atoms with Gasteiger partial charge in [-0.1, -0.05) is 12.1 Å². The Hall–Kier alpha value is -1.92. The fourth-order valence-electron chi connectivity index (χ4n) is 2.94. The summed E-state index contributed by atoms with van der Waals surface area (Å²) in [5, 5.41) is 5.43. The van der Waals surface area contributed by atoms with Crippen molar-refractivity contribution in [3.05, 3.63) is 40.9 Å². The van der Waals surface area contributed by atoms with Crippen LogP contribution >= 0.6 is 11.3 Å². The van der Waals surface area contributed by atoms with Gasteiger partial charge in [0.2, 0.25) is 5.91 Å². The minimum Gasteiger partial charge on any atom is -0.497 e. The smallest absolute Gasteiger partial charge is 0.223 e. The molecule has 0 aliphatic carbocycles. The number of benzene rings is 1. The van der Waals surface area contributed by atoms with E-state index in [9.17, 15) is 4.79 Å². The number of carbonyl (C=O) groups is 1. The lowest BCUT2D eigenvalue weighted by molar-refractivity contribution is -0.114. The molecule has 23 heavy (non-hydrogen) atoms. The third-order valence-electron chi connectivity index (χ3n) is 4.08. The summed E-state index contributed by atoms with van der Waals surface area (Å²) in [7, 11) is 1.69. The highest BCUT2D eigenvalue weighted by Crippen LogP contribution is 2.29. The summed E-state index contributed by atoms with van der Waals surface area (Å²) in [4.78, 5) is 17.9. The lowest BCUT2D eigenvalue weighted by Crippen LogP contribution is -2.20. The van der Waals surface area contributed by atoms with Gasteiger partial charge in [0.25, 0.3) is 0 Å². The van der Waals surface area contributed by atoms with E-state index in [0.29, 0.717) is 11.0 Å². The Balaban J connectivity index is 1.56. The van der Waals surface area contributed by atoms with Gasteiger partial charge < -0.3 is 10.1 Å². The largest absolute Gasteiger partial charge is 0.497 e. The maximum absolute atomic E-state index is 11.0. The van der Waals surface area contributed by atoms with Crippen molar-refractivity contribution in [2.45, 2.75) is 25.8 Å². The van der Waals surface area contributed by atoms with Crippen molar-refractivity contribution in [3.63, 3.8) is 0 Å². The summed E-state index contributed by atoms with van der Waals surface area (Å²) >= 11 is 1.48. The lowest BCUT2D eigenvalue weighted by atomic mass is 9.98. The van der Waals surface area contributed by atoms with E-state index in [0.717, 1.165) is 37.5 Å². The van der Waals surface area contributed by atoms with Crippen LogP contribution in [0.4, 0.5) is 5.13 Å². The van der Waals surface area contributed by atoms with E-state index in [1.807, 2.05) is 17.5 Å². The highest BCUT2D eigenvalue weighted by atomic mass is 32.1. The van der Waals surface area contributed by atoms with Crippen LogP contribution in [0.2, 0.25) is 0 Å². The Morgan fingerprint density at radius 1 is 1.43 bits per heavy atom. The van der Waals surface area contributed by atoms with Crippen molar-refractivity contribution in [1.82, 2.24) is 9.88 Å². The molecular formula is C17H21N3O2S. The zero-order valence-corrected chi connectivity index (χ0v) is 14.2. The number of likely N-dealkylation sites (tertiary alicyclic amines) is 1. The van der Waals surface area contributed by atoms with Crippen molar-refractivity contribution in [1.29, 1.82) is 0 Å². The standard InChI is InChI=1S/C17H21N3O2S/c1-12(21)18-17-19-15(11-23-17)10-20-8-7-14(9-20)13-3-5-16(22-2)6-4-13/h3-6,11,14H,7-10H2,1-2H3,(H,18,19,21). The first-order chi connectivity index (χ1) is 11.1. The second-order valence-electron chi connectivity index (χ2n) is 5.82. The summed E-state index contributed by atoms with van der Waals surface area (Å²) in [5.74, 6) is 1.39. The van der Waals surface area contributed by atoms with Gasteiger partial charge in [-0.15, -0.1) is 11.3 Å². The van der Waals surface area contributed by atoms with E-state index in [1.165, 1.54) is 23.8 Å². The second kappa shape index (κ2) is 7.10. The molecule has 1 amide bonds. The molecule has 6 heteroatoms. The normalized spacial score (nSPS) is 18.1. The quantitative estimate of drug-likeness (QED) is 0.915. The fourth-order valence-corrected chi connectivity index (χ4v) is 3.69. The van der Waals surface area contributed by atoms with Gasteiger partial charge in [-0.05, 0) is 36.6 Å². The van der Waals surface area contributed by atoms with Gasteiger partial charge in [-0.2, -0.15) is 0 Å². The van der Waals surface area contributed by atoms with E-state index >= 15 is 0 Å². The van der Waals surface area contributed by atoms with E-state index in [2.05, 4.69) is 27.3 Å². The number of thiazole rings is 1. The summed E-state index contributed by atoms with van der Waals surface area (Å²) in [6, 6.07) is 8.37. The first kappa shape index (κ1) is 16.0. The Labute approximate surface area is 140 Å². The molecular weight excluding hydrogens is 310 g/mol. The molecule has 1 saturated heterocycles. The Morgan fingerprint density at radius 3 is 2.91 bits per heavy atom. The summed E-state index contributed by atoms with van der Waals surface area (Å²) < 4.78 is 5.21. The molecule has 0 bridgehead atoms. The molecule has 1 fully saturated rings. The predicted molar refractivity (Wildman–Crippen MR) is 92.0 cm³/mol. The molecule has 0 radical (unpaired) electrons. The van der Waals surface area contributed by atoms with Crippen LogP contribution in [0.3, 0.4) is 0 Å². The SMILES string of the molecule is COc1ccc(C2CCN(Cc3csc(NC(C)=O)n3)C2)cc1. The number of hydrogen-bond donors (Lipinski definition) is 1. The number of nitrogens with zero attached hydrogens (tertiary/aromatic N) is 2. The molecule has 0 saturated carbocycles. The molecule has 1 aromatic carbocycles. The number of nitrogens with one attached hydrogen (secondary N) is 1. The van der Waals surface area contributed by atoms with E-state index in [4.69, 9.17) is 4.74 Å². The minimum atomic E-state index is -0.0772. The Kier molecular flexibility index (Phi) is 4.93. The monoisotopic (exact) mass is 331 g/mol. The first-order valence-corrected chi connectivity index (χ1v) is 8.60. The Bertz CT molecular complexity index is 669. The van der Waals surface area contributed by atoms with Gasteiger partial charge >= 0.3 is 0 Å². The molecule has 1 aromatic heterocycles. The van der Waals surface area contributed by atoms with Crippen molar-refractivity contribution in [2.24, 2.45) is 0 Å². The van der Waals surface area contributed by atoms with Crippen LogP contribution in [0.5, 0.6) is 5.75 Å². The highest BCUT2D eigenvalue weighted by Gasteiger charge is 2.24. The number of anilines is 1. The van der Waals surface area contributed by atoms with Crippen LogP contribution < -0.4 is 10.1 Å². The number of ether oxygens (including phenoxy) is 1. The molecule has 2 aromatic rings. The third-order valence-corrected chi connectivity index (χ3v) is 4.89. The third kappa shape index (κ3) is 4.09. The lowest BCUT2D eigenvalue weighted by Gasteiger charge is -2.15. The molecule has 1 unspecified atom stereocenters. The van der Waals surface area contributed by atoms with Gasteiger partial charge in [0.1, 0.15) is 5.75 Å². The molecule has 122 valence electrons. The number of amides is 1. The second-order valence-corrected chi connectivity index (χ2v) is 6.68. The zero-order valence-electron chi connectivity index (χ0n) is 13.4. The number of aromatic nitrogens is 1. The van der Waals surface area contributed by atoms with Crippen molar-refractivity contribution in [2.75, 3.05) is 25.5 Å². The molecule has 1 N–H and O–H groups in total. The average molecular weight is 331 g/mol. The van der Waals surface area contributed by atoms with Crippen LogP contribution in [0.1, 0.15) is 30.5 Å². The number of methoxy groups -OCH3 is 1. The summed E-state index contributed by atoms with van der Waals surface area (Å²) in [6.45, 7) is 4.45. The van der Waals surface area contributed by atoms with Crippen molar-refractivity contribution in [3.8, 4) is 5.75 Å². The van der Waals surface area contributed by atoms with Gasteiger partial charge in [-0.25, -0.2) is 4.98 Å². The van der Waals surface area contributed by atoms with Crippen molar-refractivity contribution >= 4 is 22.4 Å². The maximum Gasteiger partial charge on any atom is 0.223 e. The first-order valence-electron chi connectivity index (χ1n) is 7.72. The Morgan fingerprint density at radius 2 is 2.22 bits per heavy atom. The van der Waals surface area contributed by atoms with Gasteiger partial charge in [0, 0.05) is 25.4 Å². The number of hydrogen-bond acceptors (Lipinski definition) is 5. The van der Waals surface area contributed by atoms with Crippen LogP contribution in [0, 0.1) is 0 Å². The minimum absolute atomic E-state index is 0.0772. The molecule has 2 heterocycles. The molecule has 1 aliphatic heterocycles. The molecule has 1 aliphatic rings. The van der Waals surface area contributed by atoms with E-state index in [-0.39, 0.29) is 5.91 Å². The fraction of sp³-hybridized carbons (Fsp3) is 0.412. The van der Waals surface area contributed by atoms with Gasteiger partial charge in [-0.3, -0.25) is 9.69 Å². The van der Waals surface area contributed by atoms with Crippen molar-refractivity contribution < 1.29 is 9.53 Å². The summed E-state index contributed by atoms with van der Waals surface area (Å²) in [5.41, 5.74) is 2.39. The molecule has 1 atom stereocenters. The van der Waals surface area contributed by atoms with Crippen LogP contribution in [-0.4, -0.2) is 36.0 Å².